The molecule has 2 aromatic rings. The van der Waals surface area contributed by atoms with Crippen LogP contribution >= 0.6 is 0 Å². The molecule has 0 aliphatic carbocycles. The van der Waals surface area contributed by atoms with Crippen molar-refractivity contribution in [1.82, 2.24) is 0 Å². The molecule has 7 heteroatoms. The number of benzene rings is 2. The number of aryl methyl sites for hydroxylation is 1. The van der Waals surface area contributed by atoms with Gasteiger partial charge in [0, 0.05) is 31.0 Å². The van der Waals surface area contributed by atoms with Crippen molar-refractivity contribution in [3.05, 3.63) is 59.2 Å². The SMILES string of the molecule is Cc1cc(N(C)C)ccc1NC(=O)c1ccc(COCC(F)(F)F)cc1. The summed E-state index contributed by atoms with van der Waals surface area (Å²) in [5, 5.41) is 2.84. The maximum absolute atomic E-state index is 12.3. The van der Waals surface area contributed by atoms with E-state index in [1.807, 2.05) is 44.1 Å². The van der Waals surface area contributed by atoms with Gasteiger partial charge >= 0.3 is 6.18 Å². The van der Waals surface area contributed by atoms with E-state index in [9.17, 15) is 18.0 Å². The quantitative estimate of drug-likeness (QED) is 0.824. The van der Waals surface area contributed by atoms with Gasteiger partial charge in [0.05, 0.1) is 6.61 Å². The number of hydrogen-bond acceptors (Lipinski definition) is 3. The van der Waals surface area contributed by atoms with E-state index < -0.39 is 12.8 Å². The molecular weight excluding hydrogens is 345 g/mol. The minimum absolute atomic E-state index is 0.160. The number of halogens is 3. The fourth-order valence-electron chi connectivity index (χ4n) is 2.30. The largest absolute Gasteiger partial charge is 0.411 e. The second-order valence-electron chi connectivity index (χ2n) is 6.15. The van der Waals surface area contributed by atoms with Gasteiger partial charge in [-0.1, -0.05) is 12.1 Å². The molecule has 0 unspecified atom stereocenters. The van der Waals surface area contributed by atoms with Crippen molar-refractivity contribution < 1.29 is 22.7 Å². The smallest absolute Gasteiger partial charge is 0.378 e. The van der Waals surface area contributed by atoms with Gasteiger partial charge in [0.2, 0.25) is 0 Å². The highest BCUT2D eigenvalue weighted by atomic mass is 19.4. The number of amides is 1. The molecule has 0 aliphatic heterocycles. The lowest BCUT2D eigenvalue weighted by Crippen LogP contribution is -2.16. The standard InChI is InChI=1S/C19H21F3N2O2/c1-13-10-16(24(2)3)8-9-17(13)23-18(25)15-6-4-14(5-7-15)11-26-12-19(20,21)22/h4-10H,11-12H2,1-3H3,(H,23,25). The van der Waals surface area contributed by atoms with Gasteiger partial charge in [-0.3, -0.25) is 4.79 Å². The van der Waals surface area contributed by atoms with Gasteiger partial charge in [0.1, 0.15) is 6.61 Å². The number of nitrogens with zero attached hydrogens (tertiary/aromatic N) is 1. The van der Waals surface area contributed by atoms with Gasteiger partial charge < -0.3 is 15.0 Å². The number of carbonyl (C=O) groups excluding carboxylic acids is 1. The zero-order valence-corrected chi connectivity index (χ0v) is 14.9. The molecule has 1 N–H and O–H groups in total. The summed E-state index contributed by atoms with van der Waals surface area (Å²) in [5.41, 5.74) is 3.65. The summed E-state index contributed by atoms with van der Waals surface area (Å²) in [5.74, 6) is -0.284. The van der Waals surface area contributed by atoms with E-state index in [1.165, 1.54) is 0 Å². The number of hydrogen-bond donors (Lipinski definition) is 1. The summed E-state index contributed by atoms with van der Waals surface area (Å²) in [6, 6.07) is 12.0. The van der Waals surface area contributed by atoms with Crippen LogP contribution in [0.3, 0.4) is 0 Å². The Morgan fingerprint density at radius 3 is 2.31 bits per heavy atom. The number of anilines is 2. The van der Waals surface area contributed by atoms with Crippen LogP contribution in [0.15, 0.2) is 42.5 Å². The summed E-state index contributed by atoms with van der Waals surface area (Å²) >= 11 is 0. The third-order valence-electron chi connectivity index (χ3n) is 3.73. The highest BCUT2D eigenvalue weighted by Crippen LogP contribution is 2.22. The predicted molar refractivity (Wildman–Crippen MR) is 95.6 cm³/mol. The lowest BCUT2D eigenvalue weighted by molar-refractivity contribution is -0.176. The van der Waals surface area contributed by atoms with Crippen molar-refractivity contribution >= 4 is 17.3 Å². The Morgan fingerprint density at radius 1 is 1.12 bits per heavy atom. The van der Waals surface area contributed by atoms with Crippen LogP contribution < -0.4 is 10.2 Å². The van der Waals surface area contributed by atoms with Crippen LogP contribution in [-0.4, -0.2) is 32.8 Å². The molecule has 0 saturated heterocycles. The highest BCUT2D eigenvalue weighted by molar-refractivity contribution is 6.04. The number of carbonyl (C=O) groups is 1. The van der Waals surface area contributed by atoms with Crippen molar-refractivity contribution in [2.45, 2.75) is 19.7 Å². The van der Waals surface area contributed by atoms with E-state index in [1.54, 1.807) is 24.3 Å². The Balaban J connectivity index is 1.97. The first-order chi connectivity index (χ1) is 12.2. The van der Waals surface area contributed by atoms with E-state index in [0.29, 0.717) is 16.8 Å². The highest BCUT2D eigenvalue weighted by Gasteiger charge is 2.27. The third-order valence-corrected chi connectivity index (χ3v) is 3.73. The molecular formula is C19H21F3N2O2. The first kappa shape index (κ1) is 19.8. The molecule has 2 rings (SSSR count). The van der Waals surface area contributed by atoms with Crippen LogP contribution in [0.25, 0.3) is 0 Å². The molecule has 0 heterocycles. The molecule has 0 fully saturated rings. The number of rotatable bonds is 6. The van der Waals surface area contributed by atoms with Crippen molar-refractivity contribution in [3.8, 4) is 0 Å². The molecule has 0 saturated carbocycles. The summed E-state index contributed by atoms with van der Waals surface area (Å²) in [7, 11) is 3.88. The number of nitrogens with one attached hydrogen (secondary N) is 1. The monoisotopic (exact) mass is 366 g/mol. The summed E-state index contributed by atoms with van der Waals surface area (Å²) < 4.78 is 40.8. The number of ether oxygens (including phenoxy) is 1. The topological polar surface area (TPSA) is 41.6 Å². The minimum atomic E-state index is -4.35. The van der Waals surface area contributed by atoms with Gasteiger partial charge in [-0.15, -0.1) is 0 Å². The van der Waals surface area contributed by atoms with Crippen LogP contribution in [0, 0.1) is 6.92 Å². The molecule has 0 bridgehead atoms. The fourth-order valence-corrected chi connectivity index (χ4v) is 2.30. The Morgan fingerprint density at radius 2 is 1.77 bits per heavy atom. The Kier molecular flexibility index (Phi) is 6.26. The zero-order chi connectivity index (χ0) is 19.3. The molecule has 140 valence electrons. The maximum Gasteiger partial charge on any atom is 0.411 e. The van der Waals surface area contributed by atoms with E-state index in [4.69, 9.17) is 0 Å². The van der Waals surface area contributed by atoms with E-state index >= 15 is 0 Å². The van der Waals surface area contributed by atoms with Gasteiger partial charge in [0.15, 0.2) is 0 Å². The molecule has 2 aromatic carbocycles. The van der Waals surface area contributed by atoms with E-state index in [2.05, 4.69) is 10.1 Å². The zero-order valence-electron chi connectivity index (χ0n) is 14.9. The van der Waals surface area contributed by atoms with E-state index in [-0.39, 0.29) is 12.5 Å². The molecule has 0 aromatic heterocycles. The Hall–Kier alpha value is -2.54. The van der Waals surface area contributed by atoms with Crippen molar-refractivity contribution in [3.63, 3.8) is 0 Å². The molecule has 0 atom stereocenters. The number of alkyl halides is 3. The molecule has 4 nitrogen and oxygen atoms in total. The van der Waals surface area contributed by atoms with E-state index in [0.717, 1.165) is 11.3 Å². The maximum atomic E-state index is 12.3. The summed E-state index contributed by atoms with van der Waals surface area (Å²) in [4.78, 5) is 14.3. The van der Waals surface area contributed by atoms with Gasteiger partial charge in [0.25, 0.3) is 5.91 Å². The van der Waals surface area contributed by atoms with Crippen LogP contribution in [0.1, 0.15) is 21.5 Å². The van der Waals surface area contributed by atoms with Crippen LogP contribution in [-0.2, 0) is 11.3 Å². The lowest BCUT2D eigenvalue weighted by Gasteiger charge is -2.15. The van der Waals surface area contributed by atoms with Crippen LogP contribution in [0.5, 0.6) is 0 Å². The minimum Gasteiger partial charge on any atom is -0.378 e. The van der Waals surface area contributed by atoms with Gasteiger partial charge in [-0.25, -0.2) is 0 Å². The van der Waals surface area contributed by atoms with Crippen molar-refractivity contribution in [1.29, 1.82) is 0 Å². The average Bonchev–Trinajstić information content (AvgIpc) is 2.56. The molecule has 0 radical (unpaired) electrons. The third kappa shape index (κ3) is 5.77. The summed E-state index contributed by atoms with van der Waals surface area (Å²) in [6.45, 7) is 0.452. The van der Waals surface area contributed by atoms with Crippen LogP contribution in [0.2, 0.25) is 0 Å². The molecule has 26 heavy (non-hydrogen) atoms. The molecule has 1 amide bonds. The Labute approximate surface area is 150 Å². The molecule has 0 spiro atoms. The first-order valence-corrected chi connectivity index (χ1v) is 7.98. The first-order valence-electron chi connectivity index (χ1n) is 7.98. The normalized spacial score (nSPS) is 11.3. The predicted octanol–water partition coefficient (Wildman–Crippen LogP) is 4.39. The van der Waals surface area contributed by atoms with Crippen molar-refractivity contribution in [2.24, 2.45) is 0 Å². The Bertz CT molecular complexity index is 756. The van der Waals surface area contributed by atoms with Crippen molar-refractivity contribution in [2.75, 3.05) is 30.9 Å². The molecule has 0 aliphatic rings. The van der Waals surface area contributed by atoms with Gasteiger partial charge in [-0.2, -0.15) is 13.2 Å². The fraction of sp³-hybridized carbons (Fsp3) is 0.316. The van der Waals surface area contributed by atoms with Gasteiger partial charge in [-0.05, 0) is 48.4 Å². The van der Waals surface area contributed by atoms with Crippen LogP contribution in [0.4, 0.5) is 24.5 Å². The summed E-state index contributed by atoms with van der Waals surface area (Å²) in [6.07, 6.45) is -4.35. The second-order valence-corrected chi connectivity index (χ2v) is 6.15. The average molecular weight is 366 g/mol. The lowest BCUT2D eigenvalue weighted by atomic mass is 10.1. The second kappa shape index (κ2) is 8.23.